The van der Waals surface area contributed by atoms with E-state index in [1.165, 1.54) is 11.1 Å². The first-order valence-electron chi connectivity index (χ1n) is 6.46. The molecule has 0 radical (unpaired) electrons. The summed E-state index contributed by atoms with van der Waals surface area (Å²) in [6.07, 6.45) is 0. The lowest BCUT2D eigenvalue weighted by atomic mass is 10.0. The third kappa shape index (κ3) is 1.87. The number of rotatable bonds is 2. The van der Waals surface area contributed by atoms with Crippen molar-refractivity contribution >= 4 is 17.0 Å². The molecule has 1 heterocycles. The van der Waals surface area contributed by atoms with Crippen LogP contribution in [0.1, 0.15) is 24.1 Å². The lowest BCUT2D eigenvalue weighted by molar-refractivity contribution is 0.664. The van der Waals surface area contributed by atoms with Crippen molar-refractivity contribution in [1.82, 2.24) is 9.55 Å². The van der Waals surface area contributed by atoms with Crippen molar-refractivity contribution in [3.63, 3.8) is 0 Å². The summed E-state index contributed by atoms with van der Waals surface area (Å²) in [6.45, 7) is 4.29. The second-order valence-corrected chi connectivity index (χ2v) is 4.86. The molecule has 0 aliphatic rings. The number of nitrogens with zero attached hydrogens (tertiary/aromatic N) is 2. The molecule has 0 fully saturated rings. The molecule has 0 spiro atoms. The van der Waals surface area contributed by atoms with Gasteiger partial charge in [0.2, 0.25) is 5.95 Å². The molecule has 0 amide bonds. The summed E-state index contributed by atoms with van der Waals surface area (Å²) in [5.74, 6) is 0.567. The predicted octanol–water partition coefficient (Wildman–Crippen LogP) is 3.54. The van der Waals surface area contributed by atoms with Crippen LogP contribution in [0.25, 0.3) is 11.0 Å². The van der Waals surface area contributed by atoms with Crippen molar-refractivity contribution in [2.75, 3.05) is 5.73 Å². The van der Waals surface area contributed by atoms with E-state index in [0.29, 0.717) is 5.95 Å². The number of fused-ring (bicyclic) bond motifs is 1. The summed E-state index contributed by atoms with van der Waals surface area (Å²) >= 11 is 0. The van der Waals surface area contributed by atoms with Crippen LogP contribution in [-0.2, 0) is 0 Å². The van der Waals surface area contributed by atoms with Crippen LogP contribution < -0.4 is 5.73 Å². The van der Waals surface area contributed by atoms with Crippen LogP contribution in [0, 0.1) is 6.92 Å². The van der Waals surface area contributed by atoms with Gasteiger partial charge in [0.1, 0.15) is 0 Å². The molecule has 3 heteroatoms. The van der Waals surface area contributed by atoms with Crippen molar-refractivity contribution in [2.45, 2.75) is 19.9 Å². The van der Waals surface area contributed by atoms with Gasteiger partial charge in [0.15, 0.2) is 0 Å². The molecule has 1 unspecified atom stereocenters. The van der Waals surface area contributed by atoms with E-state index in [9.17, 15) is 0 Å². The fourth-order valence-electron chi connectivity index (χ4n) is 2.66. The van der Waals surface area contributed by atoms with Crippen molar-refractivity contribution in [3.8, 4) is 0 Å². The Balaban J connectivity index is 2.19. The first-order chi connectivity index (χ1) is 9.18. The van der Waals surface area contributed by atoms with Crippen LogP contribution in [0.4, 0.5) is 5.95 Å². The monoisotopic (exact) mass is 251 g/mol. The highest BCUT2D eigenvalue weighted by Crippen LogP contribution is 2.28. The van der Waals surface area contributed by atoms with E-state index in [4.69, 9.17) is 5.73 Å². The Bertz CT molecular complexity index is 728. The molecule has 3 aromatic rings. The first-order valence-corrected chi connectivity index (χ1v) is 6.46. The topological polar surface area (TPSA) is 43.8 Å². The van der Waals surface area contributed by atoms with Crippen LogP contribution in [0.2, 0.25) is 0 Å². The van der Waals surface area contributed by atoms with E-state index in [1.54, 1.807) is 0 Å². The number of nitrogens with two attached hydrogens (primary N) is 1. The number of hydrogen-bond donors (Lipinski definition) is 1. The Hall–Kier alpha value is -2.29. The third-order valence-corrected chi connectivity index (χ3v) is 3.65. The average Bonchev–Trinajstić information content (AvgIpc) is 2.74. The Kier molecular flexibility index (Phi) is 2.75. The number of anilines is 1. The minimum absolute atomic E-state index is 0.175. The largest absolute Gasteiger partial charge is 0.369 e. The van der Waals surface area contributed by atoms with Crippen molar-refractivity contribution < 1.29 is 0 Å². The van der Waals surface area contributed by atoms with Gasteiger partial charge in [0, 0.05) is 0 Å². The molecular weight excluding hydrogens is 234 g/mol. The first kappa shape index (κ1) is 11.8. The molecule has 19 heavy (non-hydrogen) atoms. The van der Waals surface area contributed by atoms with E-state index >= 15 is 0 Å². The van der Waals surface area contributed by atoms with Gasteiger partial charge in [-0.25, -0.2) is 4.98 Å². The highest BCUT2D eigenvalue weighted by molar-refractivity contribution is 5.78. The predicted molar refractivity (Wildman–Crippen MR) is 79.1 cm³/mol. The number of aromatic nitrogens is 2. The molecule has 2 aromatic carbocycles. The van der Waals surface area contributed by atoms with Crippen LogP contribution in [0.3, 0.4) is 0 Å². The van der Waals surface area contributed by atoms with Crippen molar-refractivity contribution in [2.24, 2.45) is 0 Å². The van der Waals surface area contributed by atoms with Gasteiger partial charge >= 0.3 is 0 Å². The average molecular weight is 251 g/mol. The molecule has 3 nitrogen and oxygen atoms in total. The molecular formula is C16H17N3. The maximum atomic E-state index is 6.09. The Morgan fingerprint density at radius 3 is 2.53 bits per heavy atom. The highest BCUT2D eigenvalue weighted by Gasteiger charge is 2.16. The van der Waals surface area contributed by atoms with Gasteiger partial charge < -0.3 is 10.3 Å². The third-order valence-electron chi connectivity index (χ3n) is 3.65. The van der Waals surface area contributed by atoms with Gasteiger partial charge in [-0.05, 0) is 37.1 Å². The summed E-state index contributed by atoms with van der Waals surface area (Å²) in [6, 6.07) is 16.6. The summed E-state index contributed by atoms with van der Waals surface area (Å²) in [5, 5.41) is 0. The fraction of sp³-hybridized carbons (Fsp3) is 0.188. The lowest BCUT2D eigenvalue weighted by Gasteiger charge is -2.18. The zero-order valence-corrected chi connectivity index (χ0v) is 11.2. The second kappa shape index (κ2) is 4.43. The highest BCUT2D eigenvalue weighted by atomic mass is 15.2. The summed E-state index contributed by atoms with van der Waals surface area (Å²) in [5.41, 5.74) is 10.7. The van der Waals surface area contributed by atoms with E-state index in [2.05, 4.69) is 53.7 Å². The number of hydrogen-bond acceptors (Lipinski definition) is 2. The van der Waals surface area contributed by atoms with E-state index in [1.807, 2.05) is 18.2 Å². The minimum atomic E-state index is 0.175. The molecule has 0 bridgehead atoms. The minimum Gasteiger partial charge on any atom is -0.369 e. The Morgan fingerprint density at radius 1 is 1.05 bits per heavy atom. The quantitative estimate of drug-likeness (QED) is 0.757. The van der Waals surface area contributed by atoms with Crippen molar-refractivity contribution in [3.05, 3.63) is 59.7 Å². The molecule has 0 saturated heterocycles. The Morgan fingerprint density at radius 2 is 1.74 bits per heavy atom. The molecule has 96 valence electrons. The van der Waals surface area contributed by atoms with Gasteiger partial charge in [-0.1, -0.05) is 36.4 Å². The number of benzene rings is 2. The Labute approximate surface area is 112 Å². The molecule has 0 aliphatic carbocycles. The second-order valence-electron chi connectivity index (χ2n) is 4.86. The van der Waals surface area contributed by atoms with Crippen LogP contribution in [-0.4, -0.2) is 9.55 Å². The van der Waals surface area contributed by atoms with E-state index < -0.39 is 0 Å². The molecule has 0 saturated carbocycles. The maximum Gasteiger partial charge on any atom is 0.201 e. The number of imidazole rings is 1. The van der Waals surface area contributed by atoms with E-state index in [-0.39, 0.29) is 6.04 Å². The molecule has 2 N–H and O–H groups in total. The van der Waals surface area contributed by atoms with Crippen LogP contribution >= 0.6 is 0 Å². The van der Waals surface area contributed by atoms with Gasteiger partial charge in [0.05, 0.1) is 17.1 Å². The normalized spacial score (nSPS) is 12.7. The number of nitrogen functional groups attached to an aromatic ring is 1. The molecule has 0 aliphatic heterocycles. The molecule has 1 aromatic heterocycles. The zero-order valence-electron chi connectivity index (χ0n) is 11.2. The SMILES string of the molecule is Cc1ccccc1C(C)n1c(N)nc2ccccc21. The smallest absolute Gasteiger partial charge is 0.201 e. The standard InChI is InChI=1S/C16H17N3/c1-11-7-3-4-8-13(11)12(2)19-15-10-6-5-9-14(15)18-16(19)17/h3-10,12H,1-2H3,(H2,17,18). The van der Waals surface area contributed by atoms with Gasteiger partial charge in [-0.15, -0.1) is 0 Å². The van der Waals surface area contributed by atoms with Crippen LogP contribution in [0.15, 0.2) is 48.5 Å². The molecule has 3 rings (SSSR count). The number of aryl methyl sites for hydroxylation is 1. The number of para-hydroxylation sites is 2. The summed E-state index contributed by atoms with van der Waals surface area (Å²) in [7, 11) is 0. The van der Waals surface area contributed by atoms with Gasteiger partial charge in [0.25, 0.3) is 0 Å². The summed E-state index contributed by atoms with van der Waals surface area (Å²) in [4.78, 5) is 4.43. The van der Waals surface area contributed by atoms with Crippen LogP contribution in [0.5, 0.6) is 0 Å². The van der Waals surface area contributed by atoms with Gasteiger partial charge in [-0.3, -0.25) is 0 Å². The lowest BCUT2D eigenvalue weighted by Crippen LogP contribution is -2.11. The molecule has 1 atom stereocenters. The zero-order chi connectivity index (χ0) is 13.4. The summed E-state index contributed by atoms with van der Waals surface area (Å²) < 4.78 is 2.09. The van der Waals surface area contributed by atoms with E-state index in [0.717, 1.165) is 11.0 Å². The fourth-order valence-corrected chi connectivity index (χ4v) is 2.66. The van der Waals surface area contributed by atoms with Crippen molar-refractivity contribution in [1.29, 1.82) is 0 Å². The maximum absolute atomic E-state index is 6.09. The van der Waals surface area contributed by atoms with Gasteiger partial charge in [-0.2, -0.15) is 0 Å².